The Kier molecular flexibility index (Phi) is 8.50. The van der Waals surface area contributed by atoms with E-state index in [1.165, 1.54) is 25.3 Å². The second-order valence-electron chi connectivity index (χ2n) is 6.57. The van der Waals surface area contributed by atoms with Crippen molar-refractivity contribution >= 4 is 17.6 Å². The minimum absolute atomic E-state index is 0.00225. The third-order valence-electron chi connectivity index (χ3n) is 3.57. The Morgan fingerprint density at radius 1 is 1.19 bits per heavy atom. The molecule has 0 saturated carbocycles. The van der Waals surface area contributed by atoms with Crippen LogP contribution in [0.25, 0.3) is 0 Å². The molecular weight excluding hydrogens is 356 g/mol. The molecule has 0 heterocycles. The first kappa shape index (κ1) is 22.2. The van der Waals surface area contributed by atoms with Crippen LogP contribution in [0, 0.1) is 16.0 Å². The molecule has 1 rings (SSSR count). The summed E-state index contributed by atoms with van der Waals surface area (Å²) >= 11 is 0. The molecule has 150 valence electrons. The van der Waals surface area contributed by atoms with Crippen molar-refractivity contribution in [1.82, 2.24) is 4.90 Å². The molecule has 0 aliphatic rings. The van der Waals surface area contributed by atoms with Crippen LogP contribution in [0.1, 0.15) is 27.7 Å². The van der Waals surface area contributed by atoms with Gasteiger partial charge in [0.25, 0.3) is 5.91 Å². The van der Waals surface area contributed by atoms with E-state index in [1.807, 2.05) is 27.7 Å². The Morgan fingerprint density at radius 3 is 2.37 bits per heavy atom. The fourth-order valence-electron chi connectivity index (χ4n) is 2.30. The Balaban J connectivity index is 2.56. The van der Waals surface area contributed by atoms with Gasteiger partial charge in [0, 0.05) is 24.7 Å². The molecule has 1 aromatic carbocycles. The largest absolute Gasteiger partial charge is 0.490 e. The molecule has 0 spiro atoms. The maximum Gasteiger partial charge on any atom is 0.344 e. The van der Waals surface area contributed by atoms with Crippen molar-refractivity contribution < 1.29 is 28.7 Å². The summed E-state index contributed by atoms with van der Waals surface area (Å²) in [5.74, 6) is -0.461. The number of hydrogen-bond donors (Lipinski definition) is 0. The van der Waals surface area contributed by atoms with Crippen LogP contribution in [-0.2, 0) is 14.3 Å². The highest BCUT2D eigenvalue weighted by molar-refractivity contribution is 5.81. The molecule has 9 heteroatoms. The van der Waals surface area contributed by atoms with Gasteiger partial charge in [0.15, 0.2) is 13.2 Å². The SMILES string of the molecule is COc1cc(OCC(=O)OCC(=O)N(CC(C)C)C(C)C)ccc1[N+](=O)[O-]. The molecule has 1 amide bonds. The van der Waals surface area contributed by atoms with Gasteiger partial charge >= 0.3 is 11.7 Å². The summed E-state index contributed by atoms with van der Waals surface area (Å²) in [6.45, 7) is 7.58. The number of carbonyl (C=O) groups excluding carboxylic acids is 2. The standard InChI is InChI=1S/C18H26N2O7/c1-12(2)9-19(13(3)4)17(21)10-27-18(22)11-26-14-6-7-15(20(23)24)16(8-14)25-5/h6-8,12-13H,9-11H2,1-5H3. The number of benzene rings is 1. The van der Waals surface area contributed by atoms with Crippen LogP contribution >= 0.6 is 0 Å². The van der Waals surface area contributed by atoms with Gasteiger partial charge < -0.3 is 19.1 Å². The van der Waals surface area contributed by atoms with Crippen molar-refractivity contribution in [2.75, 3.05) is 26.9 Å². The van der Waals surface area contributed by atoms with E-state index in [1.54, 1.807) is 4.90 Å². The average Bonchev–Trinajstić information content (AvgIpc) is 2.61. The molecule has 0 bridgehead atoms. The lowest BCUT2D eigenvalue weighted by Gasteiger charge is -2.28. The molecule has 0 N–H and O–H groups in total. The third-order valence-corrected chi connectivity index (χ3v) is 3.57. The van der Waals surface area contributed by atoms with E-state index in [2.05, 4.69) is 0 Å². The van der Waals surface area contributed by atoms with E-state index in [-0.39, 0.29) is 35.7 Å². The highest BCUT2D eigenvalue weighted by Crippen LogP contribution is 2.30. The van der Waals surface area contributed by atoms with Gasteiger partial charge in [-0.05, 0) is 25.8 Å². The van der Waals surface area contributed by atoms with Crippen LogP contribution in [0.2, 0.25) is 0 Å². The average molecular weight is 382 g/mol. The normalized spacial score (nSPS) is 10.6. The lowest BCUT2D eigenvalue weighted by atomic mass is 10.2. The Hall–Kier alpha value is -2.84. The number of nitro benzene ring substituents is 1. The Bertz CT molecular complexity index is 674. The van der Waals surface area contributed by atoms with Gasteiger partial charge in [-0.2, -0.15) is 0 Å². The third kappa shape index (κ3) is 7.12. The van der Waals surface area contributed by atoms with Gasteiger partial charge in [0.2, 0.25) is 5.75 Å². The quantitative estimate of drug-likeness (QED) is 0.347. The zero-order chi connectivity index (χ0) is 20.6. The van der Waals surface area contributed by atoms with Crippen LogP contribution in [0.5, 0.6) is 11.5 Å². The number of rotatable bonds is 10. The number of methoxy groups -OCH3 is 1. The number of esters is 1. The van der Waals surface area contributed by atoms with Gasteiger partial charge in [-0.1, -0.05) is 13.8 Å². The fraction of sp³-hybridized carbons (Fsp3) is 0.556. The summed E-state index contributed by atoms with van der Waals surface area (Å²) in [5, 5.41) is 10.9. The molecule has 0 atom stereocenters. The molecular formula is C18H26N2O7. The van der Waals surface area contributed by atoms with Crippen LogP contribution in [0.15, 0.2) is 18.2 Å². The fourth-order valence-corrected chi connectivity index (χ4v) is 2.30. The number of hydrogen-bond acceptors (Lipinski definition) is 7. The monoisotopic (exact) mass is 382 g/mol. The second-order valence-corrected chi connectivity index (χ2v) is 6.57. The molecule has 9 nitrogen and oxygen atoms in total. The summed E-state index contributed by atoms with van der Waals surface area (Å²) in [4.78, 5) is 35.9. The first-order chi connectivity index (χ1) is 12.6. The van der Waals surface area contributed by atoms with Crippen molar-refractivity contribution in [3.05, 3.63) is 28.3 Å². The smallest absolute Gasteiger partial charge is 0.344 e. The van der Waals surface area contributed by atoms with Crippen LogP contribution < -0.4 is 9.47 Å². The minimum Gasteiger partial charge on any atom is -0.490 e. The van der Waals surface area contributed by atoms with Crippen molar-refractivity contribution in [2.24, 2.45) is 5.92 Å². The van der Waals surface area contributed by atoms with Crippen molar-refractivity contribution in [3.63, 3.8) is 0 Å². The highest BCUT2D eigenvalue weighted by atomic mass is 16.6. The molecule has 0 radical (unpaired) electrons. The van der Waals surface area contributed by atoms with E-state index in [9.17, 15) is 19.7 Å². The van der Waals surface area contributed by atoms with Gasteiger partial charge in [-0.25, -0.2) is 4.79 Å². The first-order valence-electron chi connectivity index (χ1n) is 8.56. The van der Waals surface area contributed by atoms with Crippen molar-refractivity contribution in [3.8, 4) is 11.5 Å². The second kappa shape index (κ2) is 10.3. The maximum atomic E-state index is 12.2. The van der Waals surface area contributed by atoms with Crippen LogP contribution in [0.4, 0.5) is 5.69 Å². The first-order valence-corrected chi connectivity index (χ1v) is 8.56. The Morgan fingerprint density at radius 2 is 1.85 bits per heavy atom. The molecule has 0 fully saturated rings. The number of ether oxygens (including phenoxy) is 3. The van der Waals surface area contributed by atoms with E-state index in [0.29, 0.717) is 12.5 Å². The van der Waals surface area contributed by atoms with Crippen molar-refractivity contribution in [2.45, 2.75) is 33.7 Å². The number of amides is 1. The van der Waals surface area contributed by atoms with E-state index >= 15 is 0 Å². The van der Waals surface area contributed by atoms with Gasteiger partial charge in [-0.3, -0.25) is 14.9 Å². The molecule has 0 saturated heterocycles. The Labute approximate surface area is 158 Å². The lowest BCUT2D eigenvalue weighted by molar-refractivity contribution is -0.385. The van der Waals surface area contributed by atoms with Gasteiger partial charge in [-0.15, -0.1) is 0 Å². The van der Waals surface area contributed by atoms with Gasteiger partial charge in [0.05, 0.1) is 12.0 Å². The summed E-state index contributed by atoms with van der Waals surface area (Å²) < 4.78 is 15.1. The molecule has 27 heavy (non-hydrogen) atoms. The topological polar surface area (TPSA) is 108 Å². The number of carbonyl (C=O) groups is 2. The highest BCUT2D eigenvalue weighted by Gasteiger charge is 2.20. The molecule has 0 aliphatic carbocycles. The van der Waals surface area contributed by atoms with E-state index in [4.69, 9.17) is 14.2 Å². The predicted octanol–water partition coefficient (Wildman–Crippen LogP) is 2.42. The molecule has 0 unspecified atom stereocenters. The van der Waals surface area contributed by atoms with Crippen LogP contribution in [-0.4, -0.2) is 54.6 Å². The van der Waals surface area contributed by atoms with E-state index in [0.717, 1.165) is 0 Å². The summed E-state index contributed by atoms with van der Waals surface area (Å²) in [7, 11) is 1.30. The molecule has 0 aromatic heterocycles. The summed E-state index contributed by atoms with van der Waals surface area (Å²) in [6, 6.07) is 3.87. The van der Waals surface area contributed by atoms with Gasteiger partial charge in [0.1, 0.15) is 5.75 Å². The zero-order valence-electron chi connectivity index (χ0n) is 16.3. The minimum atomic E-state index is -0.714. The molecule has 0 aliphatic heterocycles. The number of nitrogens with zero attached hydrogens (tertiary/aromatic N) is 2. The van der Waals surface area contributed by atoms with E-state index < -0.39 is 17.5 Å². The molecule has 1 aromatic rings. The maximum absolute atomic E-state index is 12.2. The van der Waals surface area contributed by atoms with Crippen LogP contribution in [0.3, 0.4) is 0 Å². The lowest BCUT2D eigenvalue weighted by Crippen LogP contribution is -2.42. The van der Waals surface area contributed by atoms with Crippen molar-refractivity contribution in [1.29, 1.82) is 0 Å². The predicted molar refractivity (Wildman–Crippen MR) is 97.8 cm³/mol. The summed E-state index contributed by atoms with van der Waals surface area (Å²) in [5.41, 5.74) is -0.211. The number of nitro groups is 1. The zero-order valence-corrected chi connectivity index (χ0v) is 16.3. The summed E-state index contributed by atoms with van der Waals surface area (Å²) in [6.07, 6.45) is 0.